The van der Waals surface area contributed by atoms with Gasteiger partial charge in [0, 0.05) is 6.42 Å². The van der Waals surface area contributed by atoms with Crippen molar-refractivity contribution in [2.75, 3.05) is 6.61 Å². The van der Waals surface area contributed by atoms with Crippen molar-refractivity contribution in [2.24, 2.45) is 0 Å². The summed E-state index contributed by atoms with van der Waals surface area (Å²) in [4.78, 5) is 11.8. The largest absolute Gasteiger partial charge is 0.466 e. The minimum Gasteiger partial charge on any atom is -0.466 e. The Kier molecular flexibility index (Phi) is 28.6. The van der Waals surface area contributed by atoms with E-state index in [9.17, 15) is 4.79 Å². The Hall–Kier alpha value is -1.31. The Bertz CT molecular complexity index is 489. The zero-order chi connectivity index (χ0) is 24.8. The smallest absolute Gasteiger partial charge is 0.305 e. The molecule has 0 unspecified atom stereocenters. The van der Waals surface area contributed by atoms with Crippen LogP contribution < -0.4 is 0 Å². The summed E-state index contributed by atoms with van der Waals surface area (Å²) in [7, 11) is 0. The molecule has 2 heteroatoms. The third kappa shape index (κ3) is 28.7. The van der Waals surface area contributed by atoms with Crippen LogP contribution in [0.1, 0.15) is 155 Å². The van der Waals surface area contributed by atoms with Crippen molar-refractivity contribution >= 4 is 5.97 Å². The first kappa shape index (κ1) is 32.7. The zero-order valence-electron chi connectivity index (χ0n) is 23.0. The Morgan fingerprint density at radius 2 is 1.00 bits per heavy atom. The highest BCUT2D eigenvalue weighted by Crippen LogP contribution is 2.12. The monoisotopic (exact) mass is 474 g/mol. The minimum absolute atomic E-state index is 0.00393. The molecule has 0 radical (unpaired) electrons. The molecule has 198 valence electrons. The van der Waals surface area contributed by atoms with E-state index in [0.29, 0.717) is 13.0 Å². The highest BCUT2D eigenvalue weighted by Gasteiger charge is 2.02. The van der Waals surface area contributed by atoms with Gasteiger partial charge in [0.1, 0.15) is 0 Å². The number of hydrogen-bond donors (Lipinski definition) is 0. The van der Waals surface area contributed by atoms with Gasteiger partial charge < -0.3 is 4.74 Å². The van der Waals surface area contributed by atoms with Gasteiger partial charge in [-0.25, -0.2) is 0 Å². The lowest BCUT2D eigenvalue weighted by molar-refractivity contribution is -0.143. The van der Waals surface area contributed by atoms with Gasteiger partial charge in [-0.1, -0.05) is 140 Å². The van der Waals surface area contributed by atoms with E-state index >= 15 is 0 Å². The molecule has 0 rings (SSSR count). The van der Waals surface area contributed by atoms with Crippen molar-refractivity contribution in [3.63, 3.8) is 0 Å². The lowest BCUT2D eigenvalue weighted by Gasteiger charge is -2.05. The van der Waals surface area contributed by atoms with Gasteiger partial charge in [0.15, 0.2) is 0 Å². The van der Waals surface area contributed by atoms with Crippen LogP contribution in [-0.4, -0.2) is 12.6 Å². The highest BCUT2D eigenvalue weighted by atomic mass is 16.5. The van der Waals surface area contributed by atoms with E-state index in [4.69, 9.17) is 4.74 Å². The summed E-state index contributed by atoms with van der Waals surface area (Å²) in [6, 6.07) is 0. The number of allylic oxidation sites excluding steroid dienone is 6. The number of ether oxygens (including phenoxy) is 1. The van der Waals surface area contributed by atoms with Gasteiger partial charge in [-0.2, -0.15) is 0 Å². The first-order valence-electron chi connectivity index (χ1n) is 14.9. The predicted molar refractivity (Wildman–Crippen MR) is 151 cm³/mol. The summed E-state index contributed by atoms with van der Waals surface area (Å²) in [5.74, 6) is 0.00393. The predicted octanol–water partition coefficient (Wildman–Crippen LogP) is 10.8. The molecule has 0 saturated heterocycles. The second-order valence-corrected chi connectivity index (χ2v) is 9.71. The molecule has 0 aliphatic rings. The van der Waals surface area contributed by atoms with Crippen LogP contribution in [0, 0.1) is 0 Å². The Balaban J connectivity index is 3.25. The second kappa shape index (κ2) is 29.7. The van der Waals surface area contributed by atoms with E-state index in [1.165, 1.54) is 96.3 Å². The normalized spacial score (nSPS) is 11.9. The van der Waals surface area contributed by atoms with Crippen LogP contribution in [0.2, 0.25) is 0 Å². The number of rotatable bonds is 26. The summed E-state index contributed by atoms with van der Waals surface area (Å²) in [5, 5.41) is 0. The lowest BCUT2D eigenvalue weighted by atomic mass is 10.1. The van der Waals surface area contributed by atoms with Crippen molar-refractivity contribution in [2.45, 2.75) is 155 Å². The van der Waals surface area contributed by atoms with Crippen molar-refractivity contribution in [3.8, 4) is 0 Å². The van der Waals surface area contributed by atoms with E-state index in [0.717, 1.165) is 38.5 Å². The van der Waals surface area contributed by atoms with Gasteiger partial charge in [-0.3, -0.25) is 4.79 Å². The Labute approximate surface area is 213 Å². The molecule has 0 fully saturated rings. The van der Waals surface area contributed by atoms with Crippen molar-refractivity contribution in [1.82, 2.24) is 0 Å². The standard InChI is InChI=1S/C32H58O2/c1-3-5-7-9-11-13-15-17-18-19-20-22-24-26-28-30-32(33)34-31-29-27-25-23-21-16-14-12-10-8-6-4-2/h5,7,11,13,17-18H,3-4,6,8-10,12,14-16,19-31H2,1-2H3/b7-5-,13-11-,18-17-. The fourth-order valence-electron chi connectivity index (χ4n) is 4.09. The molecule has 2 nitrogen and oxygen atoms in total. The van der Waals surface area contributed by atoms with E-state index in [-0.39, 0.29) is 5.97 Å². The fourth-order valence-corrected chi connectivity index (χ4v) is 4.09. The molecule has 0 aromatic heterocycles. The molecule has 0 aliphatic heterocycles. The van der Waals surface area contributed by atoms with Crippen LogP contribution in [0.25, 0.3) is 0 Å². The SMILES string of the molecule is CC/C=C\C/C=C\C/C=C\CCCCCCCC(=O)OCCCCCCCCCCCCCC. The van der Waals surface area contributed by atoms with Gasteiger partial charge in [0.05, 0.1) is 6.61 Å². The molecular formula is C32H58O2. The van der Waals surface area contributed by atoms with Gasteiger partial charge in [-0.15, -0.1) is 0 Å². The molecule has 0 N–H and O–H groups in total. The van der Waals surface area contributed by atoms with E-state index < -0.39 is 0 Å². The summed E-state index contributed by atoms with van der Waals surface area (Å²) >= 11 is 0. The first-order chi connectivity index (χ1) is 16.8. The Morgan fingerprint density at radius 3 is 1.59 bits per heavy atom. The number of carbonyl (C=O) groups excluding carboxylic acids is 1. The highest BCUT2D eigenvalue weighted by molar-refractivity contribution is 5.69. The van der Waals surface area contributed by atoms with Crippen LogP contribution in [-0.2, 0) is 9.53 Å². The Morgan fingerprint density at radius 1 is 0.529 bits per heavy atom. The van der Waals surface area contributed by atoms with E-state index in [1.54, 1.807) is 0 Å². The van der Waals surface area contributed by atoms with Crippen molar-refractivity contribution in [3.05, 3.63) is 36.5 Å². The van der Waals surface area contributed by atoms with Gasteiger partial charge in [0.2, 0.25) is 0 Å². The molecule has 0 amide bonds. The van der Waals surface area contributed by atoms with Crippen LogP contribution in [0.3, 0.4) is 0 Å². The molecule has 0 atom stereocenters. The third-order valence-corrected chi connectivity index (χ3v) is 6.29. The van der Waals surface area contributed by atoms with Crippen LogP contribution >= 0.6 is 0 Å². The summed E-state index contributed by atoms with van der Waals surface area (Å²) in [5.41, 5.74) is 0. The average molecular weight is 475 g/mol. The summed E-state index contributed by atoms with van der Waals surface area (Å²) in [6.45, 7) is 5.06. The fraction of sp³-hybridized carbons (Fsp3) is 0.781. The maximum absolute atomic E-state index is 11.8. The topological polar surface area (TPSA) is 26.3 Å². The van der Waals surface area contributed by atoms with Gasteiger partial charge >= 0.3 is 5.97 Å². The molecule has 0 saturated carbocycles. The molecule has 0 aliphatic carbocycles. The van der Waals surface area contributed by atoms with Crippen molar-refractivity contribution in [1.29, 1.82) is 0 Å². The maximum atomic E-state index is 11.8. The summed E-state index contributed by atoms with van der Waals surface area (Å²) in [6.07, 6.45) is 40.4. The molecule has 0 heterocycles. The van der Waals surface area contributed by atoms with E-state index in [1.807, 2.05) is 0 Å². The maximum Gasteiger partial charge on any atom is 0.305 e. The average Bonchev–Trinajstić information content (AvgIpc) is 2.84. The lowest BCUT2D eigenvalue weighted by Crippen LogP contribution is -2.05. The minimum atomic E-state index is 0.00393. The molecular weight excluding hydrogens is 416 g/mol. The molecule has 0 spiro atoms. The quantitative estimate of drug-likeness (QED) is 0.0707. The third-order valence-electron chi connectivity index (χ3n) is 6.29. The van der Waals surface area contributed by atoms with Crippen molar-refractivity contribution < 1.29 is 9.53 Å². The number of carbonyl (C=O) groups is 1. The second-order valence-electron chi connectivity index (χ2n) is 9.71. The van der Waals surface area contributed by atoms with Crippen LogP contribution in [0.4, 0.5) is 0 Å². The summed E-state index contributed by atoms with van der Waals surface area (Å²) < 4.78 is 5.40. The van der Waals surface area contributed by atoms with E-state index in [2.05, 4.69) is 50.3 Å². The number of hydrogen-bond acceptors (Lipinski definition) is 2. The molecule has 0 aromatic carbocycles. The number of esters is 1. The number of unbranched alkanes of at least 4 members (excludes halogenated alkanes) is 16. The van der Waals surface area contributed by atoms with Crippen LogP contribution in [0.15, 0.2) is 36.5 Å². The van der Waals surface area contributed by atoms with Gasteiger partial charge in [-0.05, 0) is 44.9 Å². The molecule has 0 bridgehead atoms. The molecule has 34 heavy (non-hydrogen) atoms. The van der Waals surface area contributed by atoms with Crippen LogP contribution in [0.5, 0.6) is 0 Å². The van der Waals surface area contributed by atoms with Gasteiger partial charge in [0.25, 0.3) is 0 Å². The first-order valence-corrected chi connectivity index (χ1v) is 14.9. The molecule has 0 aromatic rings. The zero-order valence-corrected chi connectivity index (χ0v) is 23.0.